The molecule has 0 aliphatic heterocycles. The SMILES string of the molecule is Cn1cc(C(C)(O)CNC(=O)Nc2ccc(Cl)cc2F)cn1. The number of hydrogen-bond acceptors (Lipinski definition) is 3. The van der Waals surface area contributed by atoms with Gasteiger partial charge in [-0.2, -0.15) is 5.10 Å². The second-order valence-corrected chi connectivity index (χ2v) is 5.54. The van der Waals surface area contributed by atoms with Crippen LogP contribution in [-0.2, 0) is 12.6 Å². The van der Waals surface area contributed by atoms with Crippen LogP contribution in [0.25, 0.3) is 0 Å². The Balaban J connectivity index is 1.95. The first-order valence-electron chi connectivity index (χ1n) is 6.49. The van der Waals surface area contributed by atoms with Crippen molar-refractivity contribution in [3.05, 3.63) is 47.0 Å². The first-order chi connectivity index (χ1) is 10.3. The highest BCUT2D eigenvalue weighted by Crippen LogP contribution is 2.20. The first kappa shape index (κ1) is 16.3. The van der Waals surface area contributed by atoms with E-state index in [2.05, 4.69) is 15.7 Å². The van der Waals surface area contributed by atoms with E-state index < -0.39 is 17.4 Å². The Bertz CT molecular complexity index is 687. The molecule has 1 aromatic heterocycles. The van der Waals surface area contributed by atoms with Crippen LogP contribution in [0.5, 0.6) is 0 Å². The minimum absolute atomic E-state index is 0.00270. The summed E-state index contributed by atoms with van der Waals surface area (Å²) in [6.07, 6.45) is 3.16. The third-order valence-corrected chi connectivity index (χ3v) is 3.33. The van der Waals surface area contributed by atoms with Crippen molar-refractivity contribution in [2.24, 2.45) is 7.05 Å². The number of halogens is 2. The van der Waals surface area contributed by atoms with Gasteiger partial charge in [0.15, 0.2) is 0 Å². The molecule has 118 valence electrons. The van der Waals surface area contributed by atoms with E-state index in [1.807, 2.05) is 0 Å². The van der Waals surface area contributed by atoms with Crippen molar-refractivity contribution in [3.63, 3.8) is 0 Å². The van der Waals surface area contributed by atoms with Gasteiger partial charge in [0.25, 0.3) is 0 Å². The number of anilines is 1. The summed E-state index contributed by atoms with van der Waals surface area (Å²) in [5.41, 5.74) is -0.722. The van der Waals surface area contributed by atoms with Crippen LogP contribution in [0.1, 0.15) is 12.5 Å². The molecule has 0 saturated carbocycles. The molecule has 2 rings (SSSR count). The molecule has 0 saturated heterocycles. The Morgan fingerprint density at radius 3 is 2.86 bits per heavy atom. The van der Waals surface area contributed by atoms with Crippen molar-refractivity contribution in [2.75, 3.05) is 11.9 Å². The largest absolute Gasteiger partial charge is 0.383 e. The van der Waals surface area contributed by atoms with E-state index in [0.29, 0.717) is 5.56 Å². The molecular formula is C14H16ClFN4O2. The maximum Gasteiger partial charge on any atom is 0.319 e. The van der Waals surface area contributed by atoms with Gasteiger partial charge in [-0.05, 0) is 25.1 Å². The van der Waals surface area contributed by atoms with Gasteiger partial charge < -0.3 is 15.7 Å². The standard InChI is InChI=1S/C14H16ClFN4O2/c1-14(22,9-6-18-20(2)7-9)8-17-13(21)19-12-4-3-10(15)5-11(12)16/h3-7,22H,8H2,1-2H3,(H2,17,19,21). The lowest BCUT2D eigenvalue weighted by molar-refractivity contribution is 0.0599. The summed E-state index contributed by atoms with van der Waals surface area (Å²) in [5.74, 6) is -0.637. The Morgan fingerprint density at radius 2 is 2.27 bits per heavy atom. The number of nitrogens with zero attached hydrogens (tertiary/aromatic N) is 2. The smallest absolute Gasteiger partial charge is 0.319 e. The summed E-state index contributed by atoms with van der Waals surface area (Å²) < 4.78 is 15.1. The Hall–Kier alpha value is -2.12. The minimum Gasteiger partial charge on any atom is -0.383 e. The van der Waals surface area contributed by atoms with Crippen LogP contribution >= 0.6 is 11.6 Å². The van der Waals surface area contributed by atoms with Crippen molar-refractivity contribution in [1.29, 1.82) is 0 Å². The minimum atomic E-state index is -1.29. The number of hydrogen-bond donors (Lipinski definition) is 3. The van der Waals surface area contributed by atoms with Gasteiger partial charge in [-0.3, -0.25) is 4.68 Å². The lowest BCUT2D eigenvalue weighted by Crippen LogP contribution is -2.40. The van der Waals surface area contributed by atoms with E-state index in [4.69, 9.17) is 11.6 Å². The van der Waals surface area contributed by atoms with Crippen molar-refractivity contribution >= 4 is 23.3 Å². The molecule has 6 nitrogen and oxygen atoms in total. The molecule has 0 aliphatic carbocycles. The molecule has 3 N–H and O–H groups in total. The molecule has 2 aromatic rings. The second-order valence-electron chi connectivity index (χ2n) is 5.11. The van der Waals surface area contributed by atoms with Gasteiger partial charge in [-0.1, -0.05) is 11.6 Å². The molecule has 0 spiro atoms. The highest BCUT2D eigenvalue weighted by atomic mass is 35.5. The molecular weight excluding hydrogens is 311 g/mol. The van der Waals surface area contributed by atoms with E-state index in [1.165, 1.54) is 18.3 Å². The van der Waals surface area contributed by atoms with E-state index in [-0.39, 0.29) is 17.3 Å². The fourth-order valence-corrected chi connectivity index (χ4v) is 1.97. The maximum absolute atomic E-state index is 13.6. The zero-order chi connectivity index (χ0) is 16.3. The lowest BCUT2D eigenvalue weighted by Gasteiger charge is -2.22. The molecule has 1 aromatic carbocycles. The molecule has 0 aliphatic rings. The molecule has 2 amide bonds. The number of aromatic nitrogens is 2. The van der Waals surface area contributed by atoms with Crippen molar-refractivity contribution in [2.45, 2.75) is 12.5 Å². The summed E-state index contributed by atoms with van der Waals surface area (Å²) in [6.45, 7) is 1.49. The predicted octanol–water partition coefficient (Wildman–Crippen LogP) is 2.24. The quantitative estimate of drug-likeness (QED) is 0.806. The molecule has 0 bridgehead atoms. The van der Waals surface area contributed by atoms with Crippen molar-refractivity contribution in [3.8, 4) is 0 Å². The van der Waals surface area contributed by atoms with E-state index >= 15 is 0 Å². The number of carbonyl (C=O) groups excluding carboxylic acids is 1. The number of nitrogens with one attached hydrogen (secondary N) is 2. The number of benzene rings is 1. The summed E-state index contributed by atoms with van der Waals surface area (Å²) >= 11 is 5.64. The maximum atomic E-state index is 13.6. The Morgan fingerprint density at radius 1 is 1.55 bits per heavy atom. The average molecular weight is 327 g/mol. The van der Waals surface area contributed by atoms with Gasteiger partial charge in [0.2, 0.25) is 0 Å². The summed E-state index contributed by atoms with van der Waals surface area (Å²) in [5, 5.41) is 19.4. The van der Waals surface area contributed by atoms with Crippen LogP contribution in [0.3, 0.4) is 0 Å². The van der Waals surface area contributed by atoms with Crippen molar-refractivity contribution in [1.82, 2.24) is 15.1 Å². The molecule has 1 atom stereocenters. The van der Waals surface area contributed by atoms with Gasteiger partial charge in [0.1, 0.15) is 11.4 Å². The fraction of sp³-hybridized carbons (Fsp3) is 0.286. The van der Waals surface area contributed by atoms with Gasteiger partial charge in [0.05, 0.1) is 18.4 Å². The molecule has 0 radical (unpaired) electrons. The zero-order valence-corrected chi connectivity index (χ0v) is 12.9. The van der Waals surface area contributed by atoms with Gasteiger partial charge in [-0.25, -0.2) is 9.18 Å². The number of urea groups is 1. The number of amides is 2. The number of aryl methyl sites for hydroxylation is 1. The van der Waals surface area contributed by atoms with E-state index in [1.54, 1.807) is 24.9 Å². The normalized spacial score (nSPS) is 13.5. The Kier molecular flexibility index (Phi) is 4.68. The first-order valence-corrected chi connectivity index (χ1v) is 6.87. The third-order valence-electron chi connectivity index (χ3n) is 3.10. The average Bonchev–Trinajstić information content (AvgIpc) is 2.87. The van der Waals surface area contributed by atoms with Crippen LogP contribution in [0.4, 0.5) is 14.9 Å². The zero-order valence-electron chi connectivity index (χ0n) is 12.1. The summed E-state index contributed by atoms with van der Waals surface area (Å²) in [7, 11) is 1.73. The van der Waals surface area contributed by atoms with Gasteiger partial charge in [-0.15, -0.1) is 0 Å². The Labute approximate surface area is 131 Å². The topological polar surface area (TPSA) is 79.2 Å². The van der Waals surface area contributed by atoms with Crippen LogP contribution in [0.2, 0.25) is 5.02 Å². The molecule has 1 unspecified atom stereocenters. The molecule has 1 heterocycles. The molecule has 22 heavy (non-hydrogen) atoms. The second kappa shape index (κ2) is 6.33. The van der Waals surface area contributed by atoms with Crippen molar-refractivity contribution < 1.29 is 14.3 Å². The third kappa shape index (κ3) is 3.96. The van der Waals surface area contributed by atoms with Gasteiger partial charge in [0, 0.05) is 23.8 Å². The summed E-state index contributed by atoms with van der Waals surface area (Å²) in [4.78, 5) is 11.8. The van der Waals surface area contributed by atoms with Crippen LogP contribution < -0.4 is 10.6 Å². The fourth-order valence-electron chi connectivity index (χ4n) is 1.81. The molecule has 8 heteroatoms. The van der Waals surface area contributed by atoms with E-state index in [0.717, 1.165) is 6.07 Å². The van der Waals surface area contributed by atoms with Crippen LogP contribution in [-0.4, -0.2) is 27.5 Å². The van der Waals surface area contributed by atoms with Crippen LogP contribution in [0.15, 0.2) is 30.6 Å². The number of aliphatic hydroxyl groups is 1. The lowest BCUT2D eigenvalue weighted by atomic mass is 10.00. The van der Waals surface area contributed by atoms with Crippen LogP contribution in [0, 0.1) is 5.82 Å². The monoisotopic (exact) mass is 326 g/mol. The number of rotatable bonds is 4. The van der Waals surface area contributed by atoms with Gasteiger partial charge >= 0.3 is 6.03 Å². The number of carbonyl (C=O) groups is 1. The highest BCUT2D eigenvalue weighted by molar-refractivity contribution is 6.30. The molecule has 0 fully saturated rings. The summed E-state index contributed by atoms with van der Waals surface area (Å²) in [6, 6.07) is 3.29. The predicted molar refractivity (Wildman–Crippen MR) is 81.2 cm³/mol. The van der Waals surface area contributed by atoms with E-state index in [9.17, 15) is 14.3 Å². The highest BCUT2D eigenvalue weighted by Gasteiger charge is 2.25.